The lowest BCUT2D eigenvalue weighted by atomic mass is 10.2. The first-order chi connectivity index (χ1) is 10.5. The molecular weight excluding hydrogens is 321 g/mol. The van der Waals surface area contributed by atoms with Crippen molar-refractivity contribution in [2.75, 3.05) is 5.32 Å². The number of amides is 1. The van der Waals surface area contributed by atoms with Crippen LogP contribution in [0.3, 0.4) is 0 Å². The third kappa shape index (κ3) is 4.15. The third-order valence-corrected chi connectivity index (χ3v) is 3.77. The maximum absolute atomic E-state index is 12.4. The second-order valence-corrected chi connectivity index (χ2v) is 5.74. The van der Waals surface area contributed by atoms with Gasteiger partial charge in [-0.05, 0) is 43.2 Å². The second kappa shape index (κ2) is 7.52. The zero-order valence-corrected chi connectivity index (χ0v) is 13.9. The van der Waals surface area contributed by atoms with Gasteiger partial charge in [0.05, 0.1) is 5.02 Å². The van der Waals surface area contributed by atoms with Crippen LogP contribution in [0.4, 0.5) is 5.69 Å². The van der Waals surface area contributed by atoms with Gasteiger partial charge < -0.3 is 10.1 Å². The van der Waals surface area contributed by atoms with Crippen molar-refractivity contribution in [3.05, 3.63) is 58.1 Å². The number of hydrogen-bond donors (Lipinski definition) is 1. The smallest absolute Gasteiger partial charge is 0.265 e. The van der Waals surface area contributed by atoms with E-state index in [1.807, 2.05) is 32.0 Å². The molecule has 0 saturated carbocycles. The number of halogens is 2. The summed E-state index contributed by atoms with van der Waals surface area (Å²) in [7, 11) is 0. The molecule has 1 atom stereocenters. The SMILES string of the molecule is CC[C@H](Oc1ccccc1Cl)C(=O)Nc1cc(Cl)ccc1C. The molecule has 0 fully saturated rings. The number of para-hydroxylation sites is 1. The summed E-state index contributed by atoms with van der Waals surface area (Å²) >= 11 is 12.0. The number of anilines is 1. The molecule has 0 aliphatic heterocycles. The van der Waals surface area contributed by atoms with E-state index < -0.39 is 6.10 Å². The van der Waals surface area contributed by atoms with E-state index in [1.165, 1.54) is 0 Å². The largest absolute Gasteiger partial charge is 0.479 e. The maximum Gasteiger partial charge on any atom is 0.265 e. The van der Waals surface area contributed by atoms with Crippen LogP contribution in [0, 0.1) is 6.92 Å². The summed E-state index contributed by atoms with van der Waals surface area (Å²) in [4.78, 5) is 12.4. The van der Waals surface area contributed by atoms with Gasteiger partial charge in [-0.15, -0.1) is 0 Å². The van der Waals surface area contributed by atoms with Gasteiger partial charge in [0.1, 0.15) is 5.75 Å². The standard InChI is InChI=1S/C17H17Cl2NO2/c1-3-15(22-16-7-5-4-6-13(16)19)17(21)20-14-10-12(18)9-8-11(14)2/h4-10,15H,3H2,1-2H3,(H,20,21)/t15-/m0/s1. The summed E-state index contributed by atoms with van der Waals surface area (Å²) in [6.45, 7) is 3.79. The van der Waals surface area contributed by atoms with Crippen molar-refractivity contribution in [1.29, 1.82) is 0 Å². The molecule has 1 amide bonds. The van der Waals surface area contributed by atoms with Crippen LogP contribution in [-0.4, -0.2) is 12.0 Å². The molecule has 116 valence electrons. The molecule has 0 spiro atoms. The summed E-state index contributed by atoms with van der Waals surface area (Å²) in [5.74, 6) is 0.266. The first-order valence-electron chi connectivity index (χ1n) is 6.99. The number of ether oxygens (including phenoxy) is 1. The van der Waals surface area contributed by atoms with Crippen molar-refractivity contribution in [3.63, 3.8) is 0 Å². The summed E-state index contributed by atoms with van der Waals surface area (Å²) in [6, 6.07) is 12.4. The van der Waals surface area contributed by atoms with Gasteiger partial charge in [-0.2, -0.15) is 0 Å². The highest BCUT2D eigenvalue weighted by molar-refractivity contribution is 6.32. The quantitative estimate of drug-likeness (QED) is 0.824. The van der Waals surface area contributed by atoms with E-state index in [0.29, 0.717) is 27.9 Å². The van der Waals surface area contributed by atoms with E-state index in [1.54, 1.807) is 24.3 Å². The van der Waals surface area contributed by atoms with Gasteiger partial charge in [0.25, 0.3) is 5.91 Å². The lowest BCUT2D eigenvalue weighted by molar-refractivity contribution is -0.122. The monoisotopic (exact) mass is 337 g/mol. The van der Waals surface area contributed by atoms with Crippen molar-refractivity contribution in [3.8, 4) is 5.75 Å². The van der Waals surface area contributed by atoms with Crippen LogP contribution in [0.2, 0.25) is 10.0 Å². The zero-order valence-electron chi connectivity index (χ0n) is 12.4. The lowest BCUT2D eigenvalue weighted by Gasteiger charge is -2.18. The van der Waals surface area contributed by atoms with Crippen molar-refractivity contribution in [2.45, 2.75) is 26.4 Å². The molecule has 0 heterocycles. The molecule has 0 aromatic heterocycles. The fourth-order valence-electron chi connectivity index (χ4n) is 1.96. The highest BCUT2D eigenvalue weighted by atomic mass is 35.5. The molecule has 0 aliphatic carbocycles. The average Bonchev–Trinajstić information content (AvgIpc) is 2.50. The van der Waals surface area contributed by atoms with E-state index >= 15 is 0 Å². The number of benzene rings is 2. The molecule has 0 aliphatic rings. The fourth-order valence-corrected chi connectivity index (χ4v) is 2.31. The highest BCUT2D eigenvalue weighted by Crippen LogP contribution is 2.26. The summed E-state index contributed by atoms with van der Waals surface area (Å²) in [6.07, 6.45) is -0.102. The molecule has 0 saturated heterocycles. The van der Waals surface area contributed by atoms with E-state index in [2.05, 4.69) is 5.32 Å². The van der Waals surface area contributed by atoms with Crippen LogP contribution < -0.4 is 10.1 Å². The Morgan fingerprint density at radius 3 is 2.64 bits per heavy atom. The number of nitrogens with one attached hydrogen (secondary N) is 1. The molecule has 2 rings (SSSR count). The molecule has 0 radical (unpaired) electrons. The number of rotatable bonds is 5. The van der Waals surface area contributed by atoms with Crippen LogP contribution in [0.25, 0.3) is 0 Å². The number of aryl methyl sites for hydroxylation is 1. The minimum atomic E-state index is -0.627. The zero-order chi connectivity index (χ0) is 16.1. The minimum Gasteiger partial charge on any atom is -0.479 e. The van der Waals surface area contributed by atoms with Gasteiger partial charge in [-0.25, -0.2) is 0 Å². The second-order valence-electron chi connectivity index (χ2n) is 4.89. The molecule has 3 nitrogen and oxygen atoms in total. The van der Waals surface area contributed by atoms with Gasteiger partial charge in [-0.3, -0.25) is 4.79 Å². The van der Waals surface area contributed by atoms with Crippen molar-refractivity contribution in [1.82, 2.24) is 0 Å². The summed E-state index contributed by atoms with van der Waals surface area (Å²) in [5.41, 5.74) is 1.61. The van der Waals surface area contributed by atoms with E-state index in [0.717, 1.165) is 5.56 Å². The molecule has 2 aromatic rings. The Morgan fingerprint density at radius 2 is 1.95 bits per heavy atom. The topological polar surface area (TPSA) is 38.3 Å². The lowest BCUT2D eigenvalue weighted by Crippen LogP contribution is -2.32. The van der Waals surface area contributed by atoms with E-state index in [-0.39, 0.29) is 5.91 Å². The Morgan fingerprint density at radius 1 is 1.23 bits per heavy atom. The minimum absolute atomic E-state index is 0.229. The van der Waals surface area contributed by atoms with E-state index in [4.69, 9.17) is 27.9 Å². The Balaban J connectivity index is 2.12. The fraction of sp³-hybridized carbons (Fsp3) is 0.235. The van der Waals surface area contributed by atoms with Crippen molar-refractivity contribution in [2.24, 2.45) is 0 Å². The third-order valence-electron chi connectivity index (χ3n) is 3.23. The molecular formula is C17H17Cl2NO2. The van der Waals surface area contributed by atoms with Crippen molar-refractivity contribution < 1.29 is 9.53 Å². The number of hydrogen-bond acceptors (Lipinski definition) is 2. The molecule has 22 heavy (non-hydrogen) atoms. The van der Waals surface area contributed by atoms with Crippen LogP contribution in [-0.2, 0) is 4.79 Å². The summed E-state index contributed by atoms with van der Waals surface area (Å²) < 4.78 is 5.72. The predicted molar refractivity (Wildman–Crippen MR) is 91.0 cm³/mol. The first-order valence-corrected chi connectivity index (χ1v) is 7.75. The molecule has 0 bridgehead atoms. The van der Waals surface area contributed by atoms with E-state index in [9.17, 15) is 4.79 Å². The van der Waals surface area contributed by atoms with Crippen LogP contribution in [0.1, 0.15) is 18.9 Å². The first kappa shape index (κ1) is 16.7. The number of carbonyl (C=O) groups is 1. The van der Waals surface area contributed by atoms with Gasteiger partial charge in [0, 0.05) is 10.7 Å². The van der Waals surface area contributed by atoms with Crippen LogP contribution in [0.5, 0.6) is 5.75 Å². The van der Waals surface area contributed by atoms with Gasteiger partial charge in [0.2, 0.25) is 0 Å². The molecule has 0 unspecified atom stereocenters. The van der Waals surface area contributed by atoms with Gasteiger partial charge in [0.15, 0.2) is 6.10 Å². The predicted octanol–water partition coefficient (Wildman–Crippen LogP) is 5.10. The average molecular weight is 338 g/mol. The number of carbonyl (C=O) groups excluding carboxylic acids is 1. The highest BCUT2D eigenvalue weighted by Gasteiger charge is 2.20. The van der Waals surface area contributed by atoms with Crippen LogP contribution in [0.15, 0.2) is 42.5 Å². The molecule has 5 heteroatoms. The van der Waals surface area contributed by atoms with Gasteiger partial charge >= 0.3 is 0 Å². The van der Waals surface area contributed by atoms with Gasteiger partial charge in [-0.1, -0.05) is 48.3 Å². The maximum atomic E-state index is 12.4. The molecule has 2 aromatic carbocycles. The molecule has 1 N–H and O–H groups in total. The summed E-state index contributed by atoms with van der Waals surface area (Å²) in [5, 5.41) is 3.90. The Hall–Kier alpha value is -1.71. The Labute approximate surface area is 140 Å². The van der Waals surface area contributed by atoms with Crippen LogP contribution >= 0.6 is 23.2 Å². The Kier molecular flexibility index (Phi) is 5.69. The van der Waals surface area contributed by atoms with Crippen molar-refractivity contribution >= 4 is 34.8 Å². The Bertz CT molecular complexity index is 673. The normalized spacial score (nSPS) is 11.8.